The average Bonchev–Trinajstić information content (AvgIpc) is 1.90. The second kappa shape index (κ2) is 3.85. The van der Waals surface area contributed by atoms with Crippen molar-refractivity contribution in [3.63, 3.8) is 0 Å². The zero-order valence-corrected chi connectivity index (χ0v) is 7.23. The van der Waals surface area contributed by atoms with Crippen LogP contribution < -0.4 is 0 Å². The van der Waals surface area contributed by atoms with E-state index in [0.717, 1.165) is 17.3 Å². The molecule has 0 aromatic heterocycles. The van der Waals surface area contributed by atoms with Gasteiger partial charge in [-0.2, -0.15) is 11.8 Å². The van der Waals surface area contributed by atoms with E-state index in [1.54, 1.807) is 23.5 Å². The summed E-state index contributed by atoms with van der Waals surface area (Å²) in [6, 6.07) is 0. The molecule has 1 fully saturated rings. The van der Waals surface area contributed by atoms with Gasteiger partial charge in [0.2, 0.25) is 0 Å². The standard InChI is InChI=1S/C4H8O2S3/c5-9(6)4-3-7-1-2-8-4/h4H,1-3H2,(H,5,6). The third kappa shape index (κ3) is 2.49. The predicted molar refractivity (Wildman–Crippen MR) is 44.3 cm³/mol. The molecular formula is C4H8O2S3. The van der Waals surface area contributed by atoms with Crippen LogP contribution in [0.3, 0.4) is 0 Å². The van der Waals surface area contributed by atoms with Crippen LogP contribution in [0.25, 0.3) is 0 Å². The summed E-state index contributed by atoms with van der Waals surface area (Å²) in [5, 5.41) is 0. The molecule has 1 aliphatic heterocycles. The molecule has 1 aliphatic rings. The van der Waals surface area contributed by atoms with E-state index in [2.05, 4.69) is 0 Å². The van der Waals surface area contributed by atoms with Gasteiger partial charge in [-0.05, 0) is 0 Å². The van der Waals surface area contributed by atoms with Gasteiger partial charge in [0, 0.05) is 17.3 Å². The van der Waals surface area contributed by atoms with Gasteiger partial charge in [0.1, 0.15) is 4.58 Å². The monoisotopic (exact) mass is 184 g/mol. The van der Waals surface area contributed by atoms with Crippen LogP contribution in [-0.4, -0.2) is 30.6 Å². The topological polar surface area (TPSA) is 37.3 Å². The molecule has 2 atom stereocenters. The molecule has 1 heterocycles. The number of hydrogen-bond donors (Lipinski definition) is 1. The first-order chi connectivity index (χ1) is 4.30. The number of rotatable bonds is 1. The van der Waals surface area contributed by atoms with Crippen LogP contribution in [0.5, 0.6) is 0 Å². The molecule has 0 aromatic rings. The lowest BCUT2D eigenvalue weighted by Crippen LogP contribution is -2.18. The van der Waals surface area contributed by atoms with Crippen LogP contribution in [0, 0.1) is 0 Å². The van der Waals surface area contributed by atoms with E-state index < -0.39 is 11.1 Å². The Morgan fingerprint density at radius 2 is 2.33 bits per heavy atom. The average molecular weight is 184 g/mol. The number of thioether (sulfide) groups is 2. The zero-order chi connectivity index (χ0) is 6.69. The Morgan fingerprint density at radius 1 is 1.56 bits per heavy atom. The van der Waals surface area contributed by atoms with Gasteiger partial charge in [-0.1, -0.05) is 0 Å². The molecule has 0 aliphatic carbocycles. The molecule has 1 rings (SSSR count). The first-order valence-corrected chi connectivity index (χ1v) is 5.97. The largest absolute Gasteiger partial charge is 0.305 e. The molecule has 1 saturated heterocycles. The minimum atomic E-state index is -1.61. The van der Waals surface area contributed by atoms with Crippen LogP contribution in [0.2, 0.25) is 0 Å². The summed E-state index contributed by atoms with van der Waals surface area (Å²) in [6.07, 6.45) is 0. The number of hydrogen-bond acceptors (Lipinski definition) is 3. The van der Waals surface area contributed by atoms with Crippen molar-refractivity contribution in [1.29, 1.82) is 0 Å². The summed E-state index contributed by atoms with van der Waals surface area (Å²) in [6.45, 7) is 0. The first kappa shape index (κ1) is 7.91. The highest BCUT2D eigenvalue weighted by atomic mass is 32.2. The van der Waals surface area contributed by atoms with E-state index in [0.29, 0.717) is 0 Å². The minimum Gasteiger partial charge on any atom is -0.305 e. The van der Waals surface area contributed by atoms with Crippen LogP contribution in [0.4, 0.5) is 0 Å². The van der Waals surface area contributed by atoms with E-state index in [9.17, 15) is 4.21 Å². The lowest BCUT2D eigenvalue weighted by molar-refractivity contribution is 0.563. The Bertz CT molecular complexity index is 110. The highest BCUT2D eigenvalue weighted by molar-refractivity contribution is 8.13. The summed E-state index contributed by atoms with van der Waals surface area (Å²) >= 11 is 1.75. The minimum absolute atomic E-state index is 0.0382. The fraction of sp³-hybridized carbons (Fsp3) is 1.00. The van der Waals surface area contributed by atoms with Crippen molar-refractivity contribution >= 4 is 34.6 Å². The lowest BCUT2D eigenvalue weighted by Gasteiger charge is -2.16. The second-order valence-corrected chi connectivity index (χ2v) is 5.53. The van der Waals surface area contributed by atoms with Crippen LogP contribution >= 0.6 is 23.5 Å². The molecule has 0 saturated carbocycles. The van der Waals surface area contributed by atoms with E-state index in [1.807, 2.05) is 0 Å². The van der Waals surface area contributed by atoms with Gasteiger partial charge in [-0.25, -0.2) is 4.21 Å². The van der Waals surface area contributed by atoms with Gasteiger partial charge < -0.3 is 4.55 Å². The van der Waals surface area contributed by atoms with Crippen LogP contribution in [-0.2, 0) is 11.1 Å². The fourth-order valence-electron chi connectivity index (χ4n) is 0.583. The summed E-state index contributed by atoms with van der Waals surface area (Å²) < 4.78 is 19.0. The van der Waals surface area contributed by atoms with Crippen molar-refractivity contribution in [2.45, 2.75) is 4.58 Å². The Labute approximate surface area is 65.5 Å². The molecule has 0 spiro atoms. The SMILES string of the molecule is O=S(O)C1CSCCS1. The normalized spacial score (nSPS) is 31.9. The highest BCUT2D eigenvalue weighted by Gasteiger charge is 2.18. The van der Waals surface area contributed by atoms with Crippen molar-refractivity contribution < 1.29 is 8.76 Å². The molecule has 0 bridgehead atoms. The van der Waals surface area contributed by atoms with Crippen molar-refractivity contribution in [2.24, 2.45) is 0 Å². The van der Waals surface area contributed by atoms with Crippen molar-refractivity contribution in [2.75, 3.05) is 17.3 Å². The van der Waals surface area contributed by atoms with E-state index >= 15 is 0 Å². The Hall–Kier alpha value is 0.810. The molecule has 5 heteroatoms. The molecule has 1 N–H and O–H groups in total. The molecule has 0 aromatic carbocycles. The van der Waals surface area contributed by atoms with Gasteiger partial charge in [-0.3, -0.25) is 0 Å². The summed E-state index contributed by atoms with van der Waals surface area (Å²) in [5.74, 6) is 2.97. The summed E-state index contributed by atoms with van der Waals surface area (Å²) in [7, 11) is 0. The zero-order valence-electron chi connectivity index (χ0n) is 4.78. The van der Waals surface area contributed by atoms with Gasteiger partial charge in [0.25, 0.3) is 0 Å². The highest BCUT2D eigenvalue weighted by Crippen LogP contribution is 2.25. The van der Waals surface area contributed by atoms with Crippen LogP contribution in [0.1, 0.15) is 0 Å². The van der Waals surface area contributed by atoms with Gasteiger partial charge in [0.15, 0.2) is 11.1 Å². The van der Waals surface area contributed by atoms with Crippen LogP contribution in [0.15, 0.2) is 0 Å². The molecule has 2 unspecified atom stereocenters. The maximum absolute atomic E-state index is 10.4. The van der Waals surface area contributed by atoms with Gasteiger partial charge in [0.05, 0.1) is 0 Å². The maximum atomic E-state index is 10.4. The van der Waals surface area contributed by atoms with Crippen molar-refractivity contribution in [3.8, 4) is 0 Å². The van der Waals surface area contributed by atoms with Gasteiger partial charge >= 0.3 is 0 Å². The third-order valence-corrected chi connectivity index (χ3v) is 5.25. The molecule has 0 amide bonds. The first-order valence-electron chi connectivity index (χ1n) is 2.59. The van der Waals surface area contributed by atoms with Crippen molar-refractivity contribution in [1.82, 2.24) is 0 Å². The quantitative estimate of drug-likeness (QED) is 0.617. The fourth-order valence-corrected chi connectivity index (χ4v) is 4.24. The Morgan fingerprint density at radius 3 is 2.67 bits per heavy atom. The van der Waals surface area contributed by atoms with E-state index in [1.165, 1.54) is 0 Å². The predicted octanol–water partition coefficient (Wildman–Crippen LogP) is 1.01. The van der Waals surface area contributed by atoms with Gasteiger partial charge in [-0.15, -0.1) is 11.8 Å². The van der Waals surface area contributed by atoms with Crippen molar-refractivity contribution in [3.05, 3.63) is 0 Å². The summed E-state index contributed by atoms with van der Waals surface area (Å²) in [5.41, 5.74) is 0. The van der Waals surface area contributed by atoms with E-state index in [4.69, 9.17) is 4.55 Å². The molecule has 54 valence electrons. The lowest BCUT2D eigenvalue weighted by atomic mass is 10.9. The molecular weight excluding hydrogens is 176 g/mol. The smallest absolute Gasteiger partial charge is 0.167 e. The Balaban J connectivity index is 2.31. The maximum Gasteiger partial charge on any atom is 0.167 e. The second-order valence-electron chi connectivity index (χ2n) is 1.65. The third-order valence-electron chi connectivity index (χ3n) is 1.01. The molecule has 0 radical (unpaired) electrons. The van der Waals surface area contributed by atoms with E-state index in [-0.39, 0.29) is 4.58 Å². The molecule has 2 nitrogen and oxygen atoms in total. The molecule has 9 heavy (non-hydrogen) atoms. The summed E-state index contributed by atoms with van der Waals surface area (Å²) in [4.78, 5) is 0. The Kier molecular flexibility index (Phi) is 3.39.